The second-order valence-corrected chi connectivity index (χ2v) is 5.00. The molecule has 1 aliphatic heterocycles. The van der Waals surface area contributed by atoms with Crippen LogP contribution in [0.5, 0.6) is 0 Å². The number of rotatable bonds is 3. The first-order valence-corrected chi connectivity index (χ1v) is 5.93. The maximum Gasteiger partial charge on any atom is 0.162 e. The summed E-state index contributed by atoms with van der Waals surface area (Å²) in [5.41, 5.74) is 0. The van der Waals surface area contributed by atoms with Crippen LogP contribution in [0.4, 0.5) is 0 Å². The van der Waals surface area contributed by atoms with Crippen molar-refractivity contribution in [3.63, 3.8) is 0 Å². The Morgan fingerprint density at radius 2 is 2.27 bits per heavy atom. The van der Waals surface area contributed by atoms with Crippen molar-refractivity contribution in [2.75, 3.05) is 13.2 Å². The van der Waals surface area contributed by atoms with E-state index >= 15 is 0 Å². The molecule has 5 heteroatoms. The van der Waals surface area contributed by atoms with Gasteiger partial charge >= 0.3 is 0 Å². The Morgan fingerprint density at radius 3 is 2.87 bits per heavy atom. The Kier molecular flexibility index (Phi) is 3.35. The molecule has 0 aliphatic carbocycles. The lowest BCUT2D eigenvalue weighted by atomic mass is 10.2. The topological polar surface area (TPSA) is 43.4 Å². The number of hydrogen-bond donors (Lipinski definition) is 1. The van der Waals surface area contributed by atoms with Gasteiger partial charge < -0.3 is 14.8 Å². The van der Waals surface area contributed by atoms with Crippen LogP contribution >= 0.6 is 11.3 Å². The molecule has 2 heterocycles. The molecule has 1 N–H and O–H groups in total. The zero-order chi connectivity index (χ0) is 10.7. The fraction of sp³-hybridized carbons (Fsp3) is 0.700. The highest BCUT2D eigenvalue weighted by Crippen LogP contribution is 2.17. The third kappa shape index (κ3) is 3.24. The molecular weight excluding hydrogens is 212 g/mol. The first-order chi connectivity index (χ1) is 7.16. The van der Waals surface area contributed by atoms with Crippen LogP contribution in [0.15, 0.2) is 11.6 Å². The highest BCUT2D eigenvalue weighted by Gasteiger charge is 2.27. The third-order valence-electron chi connectivity index (χ3n) is 2.29. The quantitative estimate of drug-likeness (QED) is 0.849. The van der Waals surface area contributed by atoms with Gasteiger partial charge in [-0.15, -0.1) is 11.3 Å². The maximum atomic E-state index is 5.55. The number of aromatic nitrogens is 1. The summed E-state index contributed by atoms with van der Waals surface area (Å²) in [7, 11) is 0. The molecule has 1 aliphatic rings. The molecule has 2 rings (SSSR count). The number of nitrogens with zero attached hydrogens (tertiary/aromatic N) is 1. The van der Waals surface area contributed by atoms with E-state index in [2.05, 4.69) is 10.3 Å². The van der Waals surface area contributed by atoms with Crippen molar-refractivity contribution in [2.45, 2.75) is 32.2 Å². The van der Waals surface area contributed by atoms with Crippen LogP contribution in [0.2, 0.25) is 0 Å². The summed E-state index contributed by atoms with van der Waals surface area (Å²) in [6.07, 6.45) is 1.82. The lowest BCUT2D eigenvalue weighted by Crippen LogP contribution is -2.48. The lowest BCUT2D eigenvalue weighted by Gasteiger charge is -2.35. The molecule has 0 unspecified atom stereocenters. The van der Waals surface area contributed by atoms with Crippen molar-refractivity contribution in [3.8, 4) is 0 Å². The van der Waals surface area contributed by atoms with Crippen LogP contribution < -0.4 is 5.32 Å². The Balaban J connectivity index is 1.73. The van der Waals surface area contributed by atoms with E-state index in [1.807, 2.05) is 25.4 Å². The van der Waals surface area contributed by atoms with Gasteiger partial charge in [0.15, 0.2) is 5.79 Å². The normalized spacial score (nSPS) is 21.7. The molecule has 0 saturated carbocycles. The molecule has 15 heavy (non-hydrogen) atoms. The predicted octanol–water partition coefficient (Wildman–Crippen LogP) is 1.38. The Hall–Kier alpha value is -0.490. The van der Waals surface area contributed by atoms with Gasteiger partial charge in [-0.1, -0.05) is 0 Å². The average Bonchev–Trinajstić information content (AvgIpc) is 2.69. The molecule has 0 bridgehead atoms. The summed E-state index contributed by atoms with van der Waals surface area (Å²) < 4.78 is 11.1. The van der Waals surface area contributed by atoms with Crippen molar-refractivity contribution in [1.29, 1.82) is 0 Å². The van der Waals surface area contributed by atoms with Gasteiger partial charge in [-0.25, -0.2) is 4.98 Å². The zero-order valence-electron chi connectivity index (χ0n) is 9.03. The molecule has 0 radical (unpaired) electrons. The van der Waals surface area contributed by atoms with Crippen LogP contribution in [0.3, 0.4) is 0 Å². The Labute approximate surface area is 93.6 Å². The molecular formula is C10H16N2O2S. The molecule has 0 atom stereocenters. The van der Waals surface area contributed by atoms with Gasteiger partial charge in [0.25, 0.3) is 0 Å². The van der Waals surface area contributed by atoms with Crippen molar-refractivity contribution in [2.24, 2.45) is 0 Å². The molecule has 1 aromatic rings. The summed E-state index contributed by atoms with van der Waals surface area (Å²) in [4.78, 5) is 4.20. The highest BCUT2D eigenvalue weighted by atomic mass is 32.1. The van der Waals surface area contributed by atoms with Crippen LogP contribution in [0, 0.1) is 0 Å². The number of nitrogens with one attached hydrogen (secondary N) is 1. The van der Waals surface area contributed by atoms with E-state index in [-0.39, 0.29) is 6.04 Å². The Bertz CT molecular complexity index is 290. The van der Waals surface area contributed by atoms with Crippen LogP contribution in [0.1, 0.15) is 18.9 Å². The average molecular weight is 228 g/mol. The van der Waals surface area contributed by atoms with Crippen LogP contribution in [-0.2, 0) is 16.0 Å². The van der Waals surface area contributed by atoms with E-state index < -0.39 is 5.79 Å². The Morgan fingerprint density at radius 1 is 1.53 bits per heavy atom. The fourth-order valence-electron chi connectivity index (χ4n) is 1.38. The first-order valence-electron chi connectivity index (χ1n) is 5.05. The predicted molar refractivity (Wildman–Crippen MR) is 58.7 cm³/mol. The van der Waals surface area contributed by atoms with Crippen molar-refractivity contribution < 1.29 is 9.47 Å². The van der Waals surface area contributed by atoms with Crippen molar-refractivity contribution >= 4 is 11.3 Å². The summed E-state index contributed by atoms with van der Waals surface area (Å²) in [6, 6.07) is 0.266. The van der Waals surface area contributed by atoms with Gasteiger partial charge in [0.05, 0.1) is 19.3 Å². The van der Waals surface area contributed by atoms with Crippen LogP contribution in [-0.4, -0.2) is 30.0 Å². The van der Waals surface area contributed by atoms with E-state index in [0.29, 0.717) is 13.2 Å². The molecule has 0 spiro atoms. The highest BCUT2D eigenvalue weighted by molar-refractivity contribution is 7.09. The fourth-order valence-corrected chi connectivity index (χ4v) is 1.95. The smallest absolute Gasteiger partial charge is 0.162 e. The monoisotopic (exact) mass is 228 g/mol. The van der Waals surface area contributed by atoms with Crippen LogP contribution in [0.25, 0.3) is 0 Å². The van der Waals surface area contributed by atoms with E-state index in [4.69, 9.17) is 9.47 Å². The van der Waals surface area contributed by atoms with Gasteiger partial charge in [0.1, 0.15) is 5.01 Å². The summed E-state index contributed by atoms with van der Waals surface area (Å²) in [5, 5.41) is 6.44. The van der Waals surface area contributed by atoms with Gasteiger partial charge in [0.2, 0.25) is 0 Å². The van der Waals surface area contributed by atoms with Gasteiger partial charge in [-0.05, 0) is 13.8 Å². The van der Waals surface area contributed by atoms with E-state index in [1.54, 1.807) is 11.3 Å². The number of hydrogen-bond acceptors (Lipinski definition) is 5. The molecule has 84 valence electrons. The second kappa shape index (κ2) is 4.57. The van der Waals surface area contributed by atoms with E-state index in [1.165, 1.54) is 0 Å². The lowest BCUT2D eigenvalue weighted by molar-refractivity contribution is -0.253. The minimum absolute atomic E-state index is 0.266. The summed E-state index contributed by atoms with van der Waals surface area (Å²) in [6.45, 7) is 6.04. The minimum atomic E-state index is -0.431. The van der Waals surface area contributed by atoms with E-state index in [9.17, 15) is 0 Å². The largest absolute Gasteiger partial charge is 0.349 e. The van der Waals surface area contributed by atoms with Crippen molar-refractivity contribution in [1.82, 2.24) is 10.3 Å². The SMILES string of the molecule is CC1(C)OCC(NCc2nccs2)CO1. The number of thiazole rings is 1. The molecule has 1 fully saturated rings. The molecule has 0 amide bonds. The number of ether oxygens (including phenoxy) is 2. The van der Waals surface area contributed by atoms with E-state index in [0.717, 1.165) is 11.6 Å². The minimum Gasteiger partial charge on any atom is -0.349 e. The molecule has 1 saturated heterocycles. The standard InChI is InChI=1S/C10H16N2O2S/c1-10(2)13-6-8(7-14-10)12-5-9-11-3-4-15-9/h3-4,8,12H,5-7H2,1-2H3. The first kappa shape index (κ1) is 11.0. The zero-order valence-corrected chi connectivity index (χ0v) is 9.84. The molecule has 1 aromatic heterocycles. The summed E-state index contributed by atoms with van der Waals surface area (Å²) in [5.74, 6) is -0.431. The third-order valence-corrected chi connectivity index (χ3v) is 3.07. The van der Waals surface area contributed by atoms with Gasteiger partial charge in [-0.3, -0.25) is 0 Å². The maximum absolute atomic E-state index is 5.55. The van der Waals surface area contributed by atoms with Gasteiger partial charge in [-0.2, -0.15) is 0 Å². The second-order valence-electron chi connectivity index (χ2n) is 4.03. The molecule has 0 aromatic carbocycles. The van der Waals surface area contributed by atoms with Gasteiger partial charge in [0, 0.05) is 18.1 Å². The summed E-state index contributed by atoms with van der Waals surface area (Å²) >= 11 is 1.66. The van der Waals surface area contributed by atoms with Crippen molar-refractivity contribution in [3.05, 3.63) is 16.6 Å². The molecule has 4 nitrogen and oxygen atoms in total.